The van der Waals surface area contributed by atoms with Crippen LogP contribution in [0.25, 0.3) is 0 Å². The summed E-state index contributed by atoms with van der Waals surface area (Å²) in [6.07, 6.45) is 0. The van der Waals surface area contributed by atoms with E-state index in [1.54, 1.807) is 30.3 Å². The van der Waals surface area contributed by atoms with Crippen LogP contribution in [0, 0.1) is 5.82 Å². The summed E-state index contributed by atoms with van der Waals surface area (Å²) in [6.45, 7) is 0. The fraction of sp³-hybridized carbons (Fsp3) is 0.150. The number of Topliss-reactive ketones (excluding diaryl/α,β-unsaturated/α-hetero) is 1. The molecule has 1 atom stereocenters. The average Bonchev–Trinajstić information content (AvgIpc) is 3.25. The van der Waals surface area contributed by atoms with Crippen LogP contribution in [0.3, 0.4) is 0 Å². The number of ether oxygens (including phenoxy) is 2. The van der Waals surface area contributed by atoms with Crippen molar-refractivity contribution in [3.05, 3.63) is 76.7 Å². The van der Waals surface area contributed by atoms with Crippen molar-refractivity contribution in [3.63, 3.8) is 0 Å². The van der Waals surface area contributed by atoms with Gasteiger partial charge < -0.3 is 14.8 Å². The Morgan fingerprint density at radius 1 is 1.13 bits per heavy atom. The Morgan fingerprint density at radius 2 is 1.93 bits per heavy atom. The van der Waals surface area contributed by atoms with Crippen molar-refractivity contribution in [1.82, 2.24) is 20.2 Å². The lowest BCUT2D eigenvalue weighted by molar-refractivity contribution is -0.136. The first-order valence-electron chi connectivity index (χ1n) is 8.85. The van der Waals surface area contributed by atoms with Crippen LogP contribution in [-0.4, -0.2) is 46.2 Å². The van der Waals surface area contributed by atoms with E-state index < -0.39 is 23.6 Å². The van der Waals surface area contributed by atoms with E-state index in [9.17, 15) is 14.0 Å². The van der Waals surface area contributed by atoms with E-state index >= 15 is 0 Å². The second-order valence-electron chi connectivity index (χ2n) is 6.37. The highest BCUT2D eigenvalue weighted by Crippen LogP contribution is 2.37. The summed E-state index contributed by atoms with van der Waals surface area (Å²) >= 11 is 0. The van der Waals surface area contributed by atoms with Gasteiger partial charge in [0.05, 0.1) is 19.8 Å². The summed E-state index contributed by atoms with van der Waals surface area (Å²) in [5.74, 6) is -1.19. The van der Waals surface area contributed by atoms with E-state index in [2.05, 4.69) is 20.8 Å². The van der Waals surface area contributed by atoms with Gasteiger partial charge in [-0.3, -0.25) is 4.79 Å². The molecule has 9 nitrogen and oxygen atoms in total. The van der Waals surface area contributed by atoms with Gasteiger partial charge >= 0.3 is 5.97 Å². The van der Waals surface area contributed by atoms with Gasteiger partial charge in [0.2, 0.25) is 5.95 Å². The quantitative estimate of drug-likeness (QED) is 0.504. The number of rotatable bonds is 5. The van der Waals surface area contributed by atoms with Gasteiger partial charge in [0.1, 0.15) is 23.3 Å². The molecule has 0 spiro atoms. The number of methoxy groups -OCH3 is 2. The Balaban J connectivity index is 1.95. The van der Waals surface area contributed by atoms with Gasteiger partial charge in [-0.25, -0.2) is 9.18 Å². The van der Waals surface area contributed by atoms with Crippen LogP contribution in [0.5, 0.6) is 5.75 Å². The molecule has 0 saturated heterocycles. The van der Waals surface area contributed by atoms with Crippen LogP contribution < -0.4 is 10.1 Å². The number of benzene rings is 2. The van der Waals surface area contributed by atoms with E-state index in [-0.39, 0.29) is 22.8 Å². The molecule has 0 radical (unpaired) electrons. The fourth-order valence-electron chi connectivity index (χ4n) is 3.29. The van der Waals surface area contributed by atoms with Crippen LogP contribution in [0.2, 0.25) is 0 Å². The van der Waals surface area contributed by atoms with Gasteiger partial charge in [-0.15, -0.1) is 0 Å². The van der Waals surface area contributed by atoms with E-state index in [1.165, 1.54) is 37.1 Å². The Hall–Kier alpha value is -4.08. The Kier molecular flexibility index (Phi) is 4.97. The summed E-state index contributed by atoms with van der Waals surface area (Å²) in [5.41, 5.74) is 0.547. The number of esters is 1. The first kappa shape index (κ1) is 19.2. The molecule has 1 aliphatic heterocycles. The maximum atomic E-state index is 14.0. The lowest BCUT2D eigenvalue weighted by Gasteiger charge is -2.28. The molecule has 0 fully saturated rings. The molecular formula is C20H16FN5O4. The SMILES string of the molecule is COC(=O)C1=C(C(=O)c2cccc(OC)c2)[C@H](c2cccc(F)c2)n2nnnc2N1. The molecule has 3 aromatic rings. The summed E-state index contributed by atoms with van der Waals surface area (Å²) < 4.78 is 25.4. The maximum Gasteiger partial charge on any atom is 0.355 e. The van der Waals surface area contributed by atoms with Gasteiger partial charge in [0.15, 0.2) is 5.78 Å². The minimum absolute atomic E-state index is 0.0144. The van der Waals surface area contributed by atoms with Crippen LogP contribution in [0.4, 0.5) is 10.3 Å². The average molecular weight is 409 g/mol. The first-order chi connectivity index (χ1) is 14.5. The number of fused-ring (bicyclic) bond motifs is 1. The third kappa shape index (κ3) is 3.28. The molecular weight excluding hydrogens is 393 g/mol. The van der Waals surface area contributed by atoms with E-state index in [4.69, 9.17) is 9.47 Å². The fourth-order valence-corrected chi connectivity index (χ4v) is 3.29. The number of nitrogens with zero attached hydrogens (tertiary/aromatic N) is 4. The smallest absolute Gasteiger partial charge is 0.355 e. The zero-order valence-electron chi connectivity index (χ0n) is 16.0. The number of tetrazole rings is 1. The highest BCUT2D eigenvalue weighted by Gasteiger charge is 2.38. The monoisotopic (exact) mass is 409 g/mol. The zero-order valence-corrected chi connectivity index (χ0v) is 16.0. The molecule has 1 aromatic heterocycles. The van der Waals surface area contributed by atoms with Crippen LogP contribution >= 0.6 is 0 Å². The lowest BCUT2D eigenvalue weighted by atomic mass is 9.89. The standard InChI is InChI=1S/C20H16FN5O4/c1-29-14-8-4-6-12(10-14)18(27)15-16(19(28)30-2)22-20-23-24-25-26(20)17(15)11-5-3-7-13(21)9-11/h3-10,17H,1-2H3,(H,22,23,25)/t17-/m0/s1. The number of carbonyl (C=O) groups excluding carboxylic acids is 2. The maximum absolute atomic E-state index is 14.0. The summed E-state index contributed by atoms with van der Waals surface area (Å²) in [5, 5.41) is 14.1. The molecule has 2 heterocycles. The Labute approximate surface area is 170 Å². The van der Waals surface area contributed by atoms with Gasteiger partial charge in [0.25, 0.3) is 0 Å². The predicted octanol–water partition coefficient (Wildman–Crippen LogP) is 2.15. The molecule has 0 bridgehead atoms. The normalized spacial score (nSPS) is 15.2. The van der Waals surface area contributed by atoms with Crippen molar-refractivity contribution in [2.75, 3.05) is 19.5 Å². The number of hydrogen-bond acceptors (Lipinski definition) is 8. The number of carbonyl (C=O) groups is 2. The second kappa shape index (κ2) is 7.74. The minimum atomic E-state index is -0.959. The lowest BCUT2D eigenvalue weighted by Crippen LogP contribution is -2.33. The topological polar surface area (TPSA) is 108 Å². The second-order valence-corrected chi connectivity index (χ2v) is 6.37. The predicted molar refractivity (Wildman–Crippen MR) is 102 cm³/mol. The molecule has 1 aliphatic rings. The van der Waals surface area contributed by atoms with Crippen LogP contribution in [0.15, 0.2) is 59.8 Å². The summed E-state index contributed by atoms with van der Waals surface area (Å²) in [4.78, 5) is 26.1. The van der Waals surface area contributed by atoms with Crippen molar-refractivity contribution in [2.24, 2.45) is 0 Å². The molecule has 30 heavy (non-hydrogen) atoms. The molecule has 0 amide bonds. The molecule has 4 rings (SSSR count). The van der Waals surface area contributed by atoms with Gasteiger partial charge in [-0.1, -0.05) is 29.4 Å². The number of halogens is 1. The van der Waals surface area contributed by atoms with Crippen molar-refractivity contribution < 1.29 is 23.5 Å². The molecule has 152 valence electrons. The number of anilines is 1. The van der Waals surface area contributed by atoms with Crippen molar-refractivity contribution in [3.8, 4) is 5.75 Å². The zero-order chi connectivity index (χ0) is 21.3. The molecule has 0 saturated carbocycles. The highest BCUT2D eigenvalue weighted by molar-refractivity contribution is 6.15. The van der Waals surface area contributed by atoms with E-state index in [0.717, 1.165) is 0 Å². The molecule has 10 heteroatoms. The first-order valence-corrected chi connectivity index (χ1v) is 8.85. The van der Waals surface area contributed by atoms with Gasteiger partial charge in [-0.05, 0) is 40.3 Å². The highest BCUT2D eigenvalue weighted by atomic mass is 19.1. The third-order valence-electron chi connectivity index (χ3n) is 4.65. The molecule has 0 aliphatic carbocycles. The molecule has 0 unspecified atom stereocenters. The minimum Gasteiger partial charge on any atom is -0.497 e. The number of aromatic nitrogens is 4. The molecule has 2 aromatic carbocycles. The van der Waals surface area contributed by atoms with E-state index in [0.29, 0.717) is 11.3 Å². The Morgan fingerprint density at radius 3 is 2.67 bits per heavy atom. The number of allylic oxidation sites excluding steroid dienone is 1. The van der Waals surface area contributed by atoms with E-state index in [1.807, 2.05) is 0 Å². The van der Waals surface area contributed by atoms with Gasteiger partial charge in [-0.2, -0.15) is 4.68 Å². The van der Waals surface area contributed by atoms with Crippen LogP contribution in [-0.2, 0) is 9.53 Å². The number of hydrogen-bond donors (Lipinski definition) is 1. The van der Waals surface area contributed by atoms with Crippen molar-refractivity contribution >= 4 is 17.7 Å². The number of nitrogens with one attached hydrogen (secondary N) is 1. The van der Waals surface area contributed by atoms with Crippen LogP contribution in [0.1, 0.15) is 22.0 Å². The summed E-state index contributed by atoms with van der Waals surface area (Å²) in [6, 6.07) is 11.2. The Bertz CT molecular complexity index is 1170. The third-order valence-corrected chi connectivity index (χ3v) is 4.65. The number of ketones is 1. The molecule has 1 N–H and O–H groups in total. The van der Waals surface area contributed by atoms with Crippen molar-refractivity contribution in [1.29, 1.82) is 0 Å². The largest absolute Gasteiger partial charge is 0.497 e. The van der Waals surface area contributed by atoms with Gasteiger partial charge in [0, 0.05) is 5.56 Å². The summed E-state index contributed by atoms with van der Waals surface area (Å²) in [7, 11) is 2.67. The van der Waals surface area contributed by atoms with Crippen molar-refractivity contribution in [2.45, 2.75) is 6.04 Å².